The average molecular weight is 370 g/mol. The molecule has 0 aliphatic carbocycles. The van der Waals surface area contributed by atoms with E-state index >= 15 is 0 Å². The SMILES string of the molecule is C=C(NC1=CNCC1F)C(O)CC(C)CNc1ccc(C)c2ncccc12. The Bertz CT molecular complexity index is 851. The number of hydrogen-bond acceptors (Lipinski definition) is 5. The summed E-state index contributed by atoms with van der Waals surface area (Å²) in [6.07, 6.45) is 2.08. The third-order valence-corrected chi connectivity index (χ3v) is 4.84. The van der Waals surface area contributed by atoms with Gasteiger partial charge < -0.3 is 21.1 Å². The van der Waals surface area contributed by atoms with E-state index in [-0.39, 0.29) is 12.5 Å². The van der Waals surface area contributed by atoms with Crippen LogP contribution in [0.5, 0.6) is 0 Å². The van der Waals surface area contributed by atoms with Crippen LogP contribution in [0.15, 0.2) is 54.6 Å². The van der Waals surface area contributed by atoms with Gasteiger partial charge in [0.1, 0.15) is 0 Å². The number of pyridine rings is 1. The van der Waals surface area contributed by atoms with Crippen LogP contribution in [0.4, 0.5) is 10.1 Å². The Hall–Kier alpha value is -2.60. The van der Waals surface area contributed by atoms with E-state index in [0.717, 1.165) is 22.2 Å². The van der Waals surface area contributed by atoms with Gasteiger partial charge in [0, 0.05) is 35.7 Å². The zero-order chi connectivity index (χ0) is 19.4. The summed E-state index contributed by atoms with van der Waals surface area (Å²) in [5.41, 5.74) is 4.01. The molecule has 0 amide bonds. The molecular weight excluding hydrogens is 343 g/mol. The molecule has 1 aliphatic heterocycles. The molecule has 1 aliphatic rings. The third kappa shape index (κ3) is 4.57. The van der Waals surface area contributed by atoms with Gasteiger partial charge in [-0.3, -0.25) is 4.98 Å². The summed E-state index contributed by atoms with van der Waals surface area (Å²) in [4.78, 5) is 4.45. The van der Waals surface area contributed by atoms with Gasteiger partial charge in [-0.05, 0) is 43.0 Å². The molecule has 1 aromatic heterocycles. The summed E-state index contributed by atoms with van der Waals surface area (Å²) in [6.45, 7) is 8.92. The van der Waals surface area contributed by atoms with Gasteiger partial charge in [0.2, 0.25) is 0 Å². The Morgan fingerprint density at radius 3 is 3.00 bits per heavy atom. The van der Waals surface area contributed by atoms with Crippen LogP contribution < -0.4 is 16.0 Å². The molecule has 144 valence electrons. The largest absolute Gasteiger partial charge is 0.387 e. The van der Waals surface area contributed by atoms with E-state index in [1.165, 1.54) is 0 Å². The van der Waals surface area contributed by atoms with Crippen LogP contribution in [0.25, 0.3) is 10.9 Å². The van der Waals surface area contributed by atoms with Crippen molar-refractivity contribution in [2.24, 2.45) is 5.92 Å². The molecule has 2 heterocycles. The lowest BCUT2D eigenvalue weighted by atomic mass is 10.0. The van der Waals surface area contributed by atoms with Crippen molar-refractivity contribution in [2.45, 2.75) is 32.5 Å². The number of aromatic nitrogens is 1. The molecular formula is C21H27FN4O. The number of fused-ring (bicyclic) bond motifs is 1. The van der Waals surface area contributed by atoms with Gasteiger partial charge in [-0.2, -0.15) is 0 Å². The van der Waals surface area contributed by atoms with E-state index in [1.54, 1.807) is 12.4 Å². The topological polar surface area (TPSA) is 69.2 Å². The highest BCUT2D eigenvalue weighted by Crippen LogP contribution is 2.25. The molecule has 0 saturated heterocycles. The van der Waals surface area contributed by atoms with E-state index in [1.807, 2.05) is 13.0 Å². The molecule has 2 aromatic rings. The minimum atomic E-state index is -1.09. The van der Waals surface area contributed by atoms with Crippen molar-refractivity contribution in [3.8, 4) is 0 Å². The van der Waals surface area contributed by atoms with E-state index in [0.29, 0.717) is 24.4 Å². The number of aryl methyl sites for hydroxylation is 1. The maximum atomic E-state index is 13.6. The first-order valence-corrected chi connectivity index (χ1v) is 9.25. The van der Waals surface area contributed by atoms with Crippen molar-refractivity contribution < 1.29 is 9.50 Å². The summed E-state index contributed by atoms with van der Waals surface area (Å²) in [5.74, 6) is 0.198. The summed E-state index contributed by atoms with van der Waals surface area (Å²) >= 11 is 0. The van der Waals surface area contributed by atoms with Gasteiger partial charge >= 0.3 is 0 Å². The lowest BCUT2D eigenvalue weighted by Gasteiger charge is -2.21. The number of aliphatic hydroxyl groups excluding tert-OH is 1. The number of alkyl halides is 1. The molecule has 1 aromatic carbocycles. The van der Waals surface area contributed by atoms with Crippen LogP contribution in [0.1, 0.15) is 18.9 Å². The highest BCUT2D eigenvalue weighted by molar-refractivity contribution is 5.93. The van der Waals surface area contributed by atoms with Crippen LogP contribution in [0, 0.1) is 12.8 Å². The second-order valence-electron chi connectivity index (χ2n) is 7.19. The Morgan fingerprint density at radius 1 is 1.44 bits per heavy atom. The highest BCUT2D eigenvalue weighted by atomic mass is 19.1. The fraction of sp³-hybridized carbons (Fsp3) is 0.381. The summed E-state index contributed by atoms with van der Waals surface area (Å²) in [6, 6.07) is 8.10. The fourth-order valence-electron chi connectivity index (χ4n) is 3.21. The Balaban J connectivity index is 1.54. The molecule has 3 atom stereocenters. The van der Waals surface area contributed by atoms with Gasteiger partial charge in [-0.1, -0.05) is 19.6 Å². The van der Waals surface area contributed by atoms with E-state index in [9.17, 15) is 9.50 Å². The molecule has 3 unspecified atom stereocenters. The molecule has 0 radical (unpaired) electrons. The van der Waals surface area contributed by atoms with Gasteiger partial charge in [0.25, 0.3) is 0 Å². The Labute approximate surface area is 159 Å². The van der Waals surface area contributed by atoms with E-state index < -0.39 is 12.3 Å². The standard InChI is InChI=1S/C21H27FN4O/c1-13(9-20(27)15(3)26-19-12-23-11-17(19)22)10-25-18-7-6-14(2)21-16(18)5-4-8-24-21/h4-8,12-13,17,20,23,25-27H,3,9-11H2,1-2H3. The maximum absolute atomic E-state index is 13.6. The number of halogens is 1. The number of anilines is 1. The first kappa shape index (κ1) is 19.2. The molecule has 5 nitrogen and oxygen atoms in total. The summed E-state index contributed by atoms with van der Waals surface area (Å²) in [5, 5.41) is 20.6. The minimum Gasteiger partial charge on any atom is -0.387 e. The molecule has 27 heavy (non-hydrogen) atoms. The number of rotatable bonds is 8. The van der Waals surface area contributed by atoms with Crippen molar-refractivity contribution in [1.29, 1.82) is 0 Å². The van der Waals surface area contributed by atoms with Crippen molar-refractivity contribution in [1.82, 2.24) is 15.6 Å². The third-order valence-electron chi connectivity index (χ3n) is 4.84. The second kappa shape index (κ2) is 8.39. The molecule has 0 fully saturated rings. The average Bonchev–Trinajstić information content (AvgIpc) is 3.06. The van der Waals surface area contributed by atoms with Crippen molar-refractivity contribution in [3.63, 3.8) is 0 Å². The maximum Gasteiger partial charge on any atom is 0.158 e. The highest BCUT2D eigenvalue weighted by Gasteiger charge is 2.21. The van der Waals surface area contributed by atoms with Gasteiger partial charge in [0.05, 0.1) is 23.9 Å². The predicted molar refractivity (Wildman–Crippen MR) is 108 cm³/mol. The van der Waals surface area contributed by atoms with Crippen LogP contribution >= 0.6 is 0 Å². The normalized spacial score (nSPS) is 18.5. The van der Waals surface area contributed by atoms with Crippen LogP contribution in [0.2, 0.25) is 0 Å². The monoisotopic (exact) mass is 370 g/mol. The van der Waals surface area contributed by atoms with Gasteiger partial charge in [0.15, 0.2) is 6.17 Å². The number of benzene rings is 1. The van der Waals surface area contributed by atoms with E-state index in [2.05, 4.69) is 52.6 Å². The summed E-state index contributed by atoms with van der Waals surface area (Å²) in [7, 11) is 0. The Morgan fingerprint density at radius 2 is 2.26 bits per heavy atom. The minimum absolute atomic E-state index is 0.198. The molecule has 4 N–H and O–H groups in total. The van der Waals surface area contributed by atoms with Crippen LogP contribution in [0.3, 0.4) is 0 Å². The van der Waals surface area contributed by atoms with Gasteiger partial charge in [-0.15, -0.1) is 0 Å². The van der Waals surface area contributed by atoms with Crippen molar-refractivity contribution in [3.05, 3.63) is 60.2 Å². The lowest BCUT2D eigenvalue weighted by molar-refractivity contribution is 0.175. The molecule has 6 heteroatoms. The zero-order valence-electron chi connectivity index (χ0n) is 15.8. The van der Waals surface area contributed by atoms with Crippen LogP contribution in [-0.2, 0) is 0 Å². The molecule has 0 saturated carbocycles. The zero-order valence-corrected chi connectivity index (χ0v) is 15.8. The number of aliphatic hydroxyl groups is 1. The first-order chi connectivity index (χ1) is 13.0. The van der Waals surface area contributed by atoms with Crippen molar-refractivity contribution >= 4 is 16.6 Å². The smallest absolute Gasteiger partial charge is 0.158 e. The number of nitrogens with zero attached hydrogens (tertiary/aromatic N) is 1. The molecule has 0 bridgehead atoms. The first-order valence-electron chi connectivity index (χ1n) is 9.25. The quantitative estimate of drug-likeness (QED) is 0.574. The summed E-state index contributed by atoms with van der Waals surface area (Å²) < 4.78 is 13.6. The van der Waals surface area contributed by atoms with Crippen LogP contribution in [-0.4, -0.2) is 35.5 Å². The lowest BCUT2D eigenvalue weighted by Crippen LogP contribution is -2.29. The molecule has 0 spiro atoms. The Kier molecular flexibility index (Phi) is 5.96. The fourth-order valence-corrected chi connectivity index (χ4v) is 3.21. The second-order valence-corrected chi connectivity index (χ2v) is 7.19. The molecule has 3 rings (SSSR count). The predicted octanol–water partition coefficient (Wildman–Crippen LogP) is 3.23. The van der Waals surface area contributed by atoms with E-state index in [4.69, 9.17) is 0 Å². The number of nitrogens with one attached hydrogen (secondary N) is 3. The van der Waals surface area contributed by atoms with Crippen molar-refractivity contribution in [2.75, 3.05) is 18.4 Å². The number of hydrogen-bond donors (Lipinski definition) is 4. The van der Waals surface area contributed by atoms with Gasteiger partial charge in [-0.25, -0.2) is 4.39 Å².